The van der Waals surface area contributed by atoms with Crippen molar-refractivity contribution < 1.29 is 9.53 Å². The number of nitrogens with zero attached hydrogens (tertiary/aromatic N) is 1. The van der Waals surface area contributed by atoms with Crippen molar-refractivity contribution in [1.29, 1.82) is 0 Å². The number of carbonyl (C=O) groups excluding carboxylic acids is 1. The molecule has 1 aromatic carbocycles. The van der Waals surface area contributed by atoms with Gasteiger partial charge >= 0.3 is 0 Å². The molecule has 0 spiro atoms. The molecular weight excluding hydrogens is 312 g/mol. The summed E-state index contributed by atoms with van der Waals surface area (Å²) in [7, 11) is 1.97. The molecule has 1 saturated carbocycles. The average molecular weight is 347 g/mol. The molecule has 2 atom stereocenters. The fraction of sp³-hybridized carbons (Fsp3) is 0.667. The van der Waals surface area contributed by atoms with Crippen LogP contribution in [-0.2, 0) is 9.53 Å². The van der Waals surface area contributed by atoms with Gasteiger partial charge in [-0.25, -0.2) is 0 Å². The Morgan fingerprint density at radius 2 is 1.84 bits per heavy atom. The number of hydrogen-bond acceptors (Lipinski definition) is 3. The molecule has 2 rings (SSSR count). The van der Waals surface area contributed by atoms with Crippen LogP contribution in [0, 0.1) is 26.7 Å². The molecule has 0 aliphatic heterocycles. The fourth-order valence-corrected chi connectivity index (χ4v) is 3.77. The van der Waals surface area contributed by atoms with E-state index < -0.39 is 0 Å². The number of nitrogens with one attached hydrogen (secondary N) is 1. The van der Waals surface area contributed by atoms with Crippen LogP contribution in [0.15, 0.2) is 12.1 Å². The Balaban J connectivity index is 1.75. The lowest BCUT2D eigenvalue weighted by Crippen LogP contribution is -2.34. The minimum Gasteiger partial charge on any atom is -0.377 e. The third kappa shape index (κ3) is 6.12. The van der Waals surface area contributed by atoms with Crippen molar-refractivity contribution in [3.05, 3.63) is 28.8 Å². The van der Waals surface area contributed by atoms with Gasteiger partial charge in [-0.2, -0.15) is 0 Å². The number of carbonyl (C=O) groups is 1. The first-order valence-corrected chi connectivity index (χ1v) is 9.54. The number of rotatable bonds is 7. The van der Waals surface area contributed by atoms with E-state index in [1.165, 1.54) is 31.2 Å². The van der Waals surface area contributed by atoms with Gasteiger partial charge in [-0.1, -0.05) is 37.5 Å². The largest absolute Gasteiger partial charge is 0.377 e. The Hall–Kier alpha value is -1.39. The van der Waals surface area contributed by atoms with E-state index in [1.807, 2.05) is 25.8 Å². The molecule has 0 unspecified atom stereocenters. The average Bonchev–Trinajstić information content (AvgIpc) is 2.52. The first kappa shape index (κ1) is 19.9. The first-order chi connectivity index (χ1) is 11.9. The normalized spacial score (nSPS) is 20.7. The maximum atomic E-state index is 12.3. The maximum absolute atomic E-state index is 12.3. The van der Waals surface area contributed by atoms with Crippen molar-refractivity contribution in [3.63, 3.8) is 0 Å². The standard InChI is InChI=1S/C21H34N2O2/c1-15-12-17(3)21(18(4)13-15)22-20(24)14-23(5)10-11-25-19-9-7-6-8-16(19)2/h12-13,16,19H,6-11,14H2,1-5H3,(H,22,24)/t16-,19+/m0/s1. The zero-order valence-electron chi connectivity index (χ0n) is 16.5. The number of ether oxygens (including phenoxy) is 1. The zero-order chi connectivity index (χ0) is 18.4. The van der Waals surface area contributed by atoms with Gasteiger partial charge in [0.2, 0.25) is 5.91 Å². The van der Waals surface area contributed by atoms with Gasteiger partial charge in [-0.15, -0.1) is 0 Å². The smallest absolute Gasteiger partial charge is 0.238 e. The van der Waals surface area contributed by atoms with Crippen LogP contribution in [-0.4, -0.2) is 43.7 Å². The maximum Gasteiger partial charge on any atom is 0.238 e. The van der Waals surface area contributed by atoms with Gasteiger partial charge in [0.15, 0.2) is 0 Å². The lowest BCUT2D eigenvalue weighted by molar-refractivity contribution is -0.117. The molecule has 1 aliphatic carbocycles. The van der Waals surface area contributed by atoms with Crippen molar-refractivity contribution in [2.24, 2.45) is 5.92 Å². The summed E-state index contributed by atoms with van der Waals surface area (Å²) in [6, 6.07) is 4.21. The van der Waals surface area contributed by atoms with Gasteiger partial charge in [0.1, 0.15) is 0 Å². The Kier molecular flexibility index (Phi) is 7.45. The first-order valence-electron chi connectivity index (χ1n) is 9.54. The highest BCUT2D eigenvalue weighted by Gasteiger charge is 2.21. The highest BCUT2D eigenvalue weighted by Crippen LogP contribution is 2.26. The molecule has 4 heteroatoms. The molecular formula is C21H34N2O2. The van der Waals surface area contributed by atoms with Crippen LogP contribution in [0.1, 0.15) is 49.3 Å². The van der Waals surface area contributed by atoms with Crippen molar-refractivity contribution >= 4 is 11.6 Å². The lowest BCUT2D eigenvalue weighted by atomic mass is 9.88. The van der Waals surface area contributed by atoms with Crippen molar-refractivity contribution in [3.8, 4) is 0 Å². The monoisotopic (exact) mass is 346 g/mol. The predicted molar refractivity (Wildman–Crippen MR) is 104 cm³/mol. The van der Waals surface area contributed by atoms with E-state index in [0.717, 1.165) is 23.4 Å². The Morgan fingerprint density at radius 1 is 1.20 bits per heavy atom. The number of hydrogen-bond donors (Lipinski definition) is 1. The summed E-state index contributed by atoms with van der Waals surface area (Å²) < 4.78 is 6.04. The van der Waals surface area contributed by atoms with Gasteiger partial charge in [0.05, 0.1) is 19.3 Å². The van der Waals surface area contributed by atoms with E-state index in [2.05, 4.69) is 31.3 Å². The number of likely N-dealkylation sites (N-methyl/N-ethyl adjacent to an activating group) is 1. The van der Waals surface area contributed by atoms with Crippen molar-refractivity contribution in [2.45, 2.75) is 59.5 Å². The predicted octanol–water partition coefficient (Wildman–Crippen LogP) is 4.08. The van der Waals surface area contributed by atoms with Gasteiger partial charge in [-0.05, 0) is 57.7 Å². The van der Waals surface area contributed by atoms with Crippen LogP contribution in [0.3, 0.4) is 0 Å². The third-order valence-corrected chi connectivity index (χ3v) is 5.19. The van der Waals surface area contributed by atoms with Crippen LogP contribution in [0.5, 0.6) is 0 Å². The van der Waals surface area contributed by atoms with Crippen LogP contribution in [0.25, 0.3) is 0 Å². The van der Waals surface area contributed by atoms with Crippen LogP contribution < -0.4 is 5.32 Å². The van der Waals surface area contributed by atoms with Gasteiger partial charge in [-0.3, -0.25) is 9.69 Å². The SMILES string of the molecule is Cc1cc(C)c(NC(=O)CN(C)CCO[C@@H]2CCCC[C@@H]2C)c(C)c1. The molecule has 1 aromatic rings. The molecule has 1 fully saturated rings. The Labute approximate surface area is 152 Å². The van der Waals surface area contributed by atoms with Crippen LogP contribution in [0.2, 0.25) is 0 Å². The van der Waals surface area contributed by atoms with E-state index >= 15 is 0 Å². The zero-order valence-corrected chi connectivity index (χ0v) is 16.5. The second-order valence-electron chi connectivity index (χ2n) is 7.73. The molecule has 140 valence electrons. The molecule has 4 nitrogen and oxygen atoms in total. The second-order valence-corrected chi connectivity index (χ2v) is 7.73. The minimum absolute atomic E-state index is 0.0311. The molecule has 1 aliphatic rings. The molecule has 1 N–H and O–H groups in total. The van der Waals surface area contributed by atoms with Crippen LogP contribution >= 0.6 is 0 Å². The summed E-state index contributed by atoms with van der Waals surface area (Å²) >= 11 is 0. The summed E-state index contributed by atoms with van der Waals surface area (Å²) in [5.74, 6) is 0.693. The van der Waals surface area contributed by atoms with E-state index in [0.29, 0.717) is 25.2 Å². The second kappa shape index (κ2) is 9.35. The van der Waals surface area contributed by atoms with Gasteiger partial charge in [0.25, 0.3) is 0 Å². The van der Waals surface area contributed by atoms with Gasteiger partial charge < -0.3 is 10.1 Å². The summed E-state index contributed by atoms with van der Waals surface area (Å²) in [6.07, 6.45) is 5.46. The number of anilines is 1. The molecule has 0 bridgehead atoms. The molecule has 0 heterocycles. The number of amides is 1. The lowest BCUT2D eigenvalue weighted by Gasteiger charge is -2.29. The van der Waals surface area contributed by atoms with E-state index in [-0.39, 0.29) is 5.91 Å². The quantitative estimate of drug-likeness (QED) is 0.809. The molecule has 1 amide bonds. The highest BCUT2D eigenvalue weighted by atomic mass is 16.5. The summed E-state index contributed by atoms with van der Waals surface area (Å²) in [6.45, 7) is 10.3. The molecule has 0 radical (unpaired) electrons. The molecule has 0 aromatic heterocycles. The summed E-state index contributed by atoms with van der Waals surface area (Å²) in [5, 5.41) is 3.06. The summed E-state index contributed by atoms with van der Waals surface area (Å²) in [4.78, 5) is 14.4. The van der Waals surface area contributed by atoms with Gasteiger partial charge in [0, 0.05) is 12.2 Å². The number of benzene rings is 1. The molecule has 25 heavy (non-hydrogen) atoms. The Bertz CT molecular complexity index is 562. The summed E-state index contributed by atoms with van der Waals surface area (Å²) in [5.41, 5.74) is 4.39. The third-order valence-electron chi connectivity index (χ3n) is 5.19. The highest BCUT2D eigenvalue weighted by molar-refractivity contribution is 5.93. The topological polar surface area (TPSA) is 41.6 Å². The van der Waals surface area contributed by atoms with E-state index in [4.69, 9.17) is 4.74 Å². The van der Waals surface area contributed by atoms with E-state index in [9.17, 15) is 4.79 Å². The number of aryl methyl sites for hydroxylation is 3. The molecule has 0 saturated heterocycles. The minimum atomic E-state index is 0.0311. The van der Waals surface area contributed by atoms with E-state index in [1.54, 1.807) is 0 Å². The Morgan fingerprint density at radius 3 is 2.48 bits per heavy atom. The van der Waals surface area contributed by atoms with Crippen molar-refractivity contribution in [1.82, 2.24) is 4.90 Å². The van der Waals surface area contributed by atoms with Crippen molar-refractivity contribution in [2.75, 3.05) is 32.1 Å². The van der Waals surface area contributed by atoms with Crippen LogP contribution in [0.4, 0.5) is 5.69 Å². The fourth-order valence-electron chi connectivity index (χ4n) is 3.77.